The maximum absolute atomic E-state index is 13.4. The lowest BCUT2D eigenvalue weighted by Gasteiger charge is -2.24. The van der Waals surface area contributed by atoms with E-state index >= 15 is 0 Å². The van der Waals surface area contributed by atoms with Crippen molar-refractivity contribution >= 4 is 34.4 Å². The van der Waals surface area contributed by atoms with Crippen LogP contribution in [0.25, 0.3) is 11.0 Å². The Balaban J connectivity index is 2.01. The predicted molar refractivity (Wildman–Crippen MR) is 107 cm³/mol. The van der Waals surface area contributed by atoms with Crippen molar-refractivity contribution in [2.45, 2.75) is 58.4 Å². The molecule has 2 heterocycles. The summed E-state index contributed by atoms with van der Waals surface area (Å²) in [4.78, 5) is 24.3. The van der Waals surface area contributed by atoms with Gasteiger partial charge >= 0.3 is 0 Å². The molecule has 140 valence electrons. The number of amides is 1. The van der Waals surface area contributed by atoms with Crippen molar-refractivity contribution in [2.75, 3.05) is 18.4 Å². The molecule has 0 unspecified atom stereocenters. The standard InChI is InChI=1S/C20H27ClN4O/c1-3-5-12-25(13-6-4-2)20(26)16-17(21)15-8-7-11-22-18(15)24-19(16)23-14-9-10-14/h7-8,11,14H,3-6,9-10,12-13H2,1-2H3,(H,22,23,24). The Morgan fingerprint density at radius 1 is 1.27 bits per heavy atom. The highest BCUT2D eigenvalue weighted by Crippen LogP contribution is 2.34. The number of halogens is 1. The number of rotatable bonds is 9. The Morgan fingerprint density at radius 3 is 2.58 bits per heavy atom. The van der Waals surface area contributed by atoms with Crippen molar-refractivity contribution < 1.29 is 4.79 Å². The van der Waals surface area contributed by atoms with Crippen LogP contribution in [0.3, 0.4) is 0 Å². The van der Waals surface area contributed by atoms with Crippen molar-refractivity contribution in [2.24, 2.45) is 0 Å². The van der Waals surface area contributed by atoms with E-state index in [2.05, 4.69) is 29.1 Å². The number of nitrogens with one attached hydrogen (secondary N) is 1. The number of aromatic nitrogens is 2. The van der Waals surface area contributed by atoms with Crippen LogP contribution in [0.15, 0.2) is 18.3 Å². The quantitative estimate of drug-likeness (QED) is 0.678. The number of carbonyl (C=O) groups excluding carboxylic acids is 1. The van der Waals surface area contributed by atoms with Gasteiger partial charge in [-0.15, -0.1) is 0 Å². The van der Waals surface area contributed by atoms with Crippen molar-refractivity contribution in [3.63, 3.8) is 0 Å². The third-order valence-corrected chi connectivity index (χ3v) is 5.07. The van der Waals surface area contributed by atoms with Gasteiger partial charge in [-0.25, -0.2) is 9.97 Å². The summed E-state index contributed by atoms with van der Waals surface area (Å²) in [7, 11) is 0. The maximum atomic E-state index is 13.4. The van der Waals surface area contributed by atoms with Crippen LogP contribution in [0.5, 0.6) is 0 Å². The summed E-state index contributed by atoms with van der Waals surface area (Å²) in [6.07, 6.45) is 7.98. The van der Waals surface area contributed by atoms with E-state index in [0.29, 0.717) is 28.1 Å². The molecule has 1 N–H and O–H groups in total. The Kier molecular flexibility index (Phi) is 6.30. The van der Waals surface area contributed by atoms with Gasteiger partial charge in [-0.1, -0.05) is 38.3 Å². The summed E-state index contributed by atoms with van der Waals surface area (Å²) >= 11 is 6.69. The number of unbranched alkanes of at least 4 members (excludes halogenated alkanes) is 2. The molecular weight excluding hydrogens is 348 g/mol. The predicted octanol–water partition coefficient (Wildman–Crippen LogP) is 4.90. The Labute approximate surface area is 160 Å². The SMILES string of the molecule is CCCCN(CCCC)C(=O)c1c(NC2CC2)nc2ncccc2c1Cl. The smallest absolute Gasteiger partial charge is 0.259 e. The first-order valence-corrected chi connectivity index (χ1v) is 10.0. The second-order valence-electron chi connectivity index (χ2n) is 6.94. The number of fused-ring (bicyclic) bond motifs is 1. The van der Waals surface area contributed by atoms with Crippen LogP contribution in [0, 0.1) is 0 Å². The molecule has 0 aliphatic heterocycles. The fourth-order valence-electron chi connectivity index (χ4n) is 2.95. The fourth-order valence-corrected chi connectivity index (χ4v) is 3.27. The minimum Gasteiger partial charge on any atom is -0.367 e. The average molecular weight is 375 g/mol. The molecule has 0 saturated heterocycles. The molecule has 1 aliphatic carbocycles. The van der Waals surface area contributed by atoms with Crippen LogP contribution < -0.4 is 5.32 Å². The van der Waals surface area contributed by atoms with E-state index in [-0.39, 0.29) is 5.91 Å². The van der Waals surface area contributed by atoms with Gasteiger partial charge in [0.25, 0.3) is 5.91 Å². The first-order valence-electron chi connectivity index (χ1n) is 9.65. The van der Waals surface area contributed by atoms with Crippen molar-refractivity contribution in [3.8, 4) is 0 Å². The molecule has 0 atom stereocenters. The summed E-state index contributed by atoms with van der Waals surface area (Å²) in [5, 5.41) is 4.56. The first kappa shape index (κ1) is 18.9. The molecule has 3 rings (SSSR count). The van der Waals surface area contributed by atoms with Gasteiger partial charge < -0.3 is 10.2 Å². The second kappa shape index (κ2) is 8.67. The van der Waals surface area contributed by atoms with E-state index in [0.717, 1.165) is 57.0 Å². The van der Waals surface area contributed by atoms with Crippen LogP contribution in [-0.4, -0.2) is 39.9 Å². The van der Waals surface area contributed by atoms with Gasteiger partial charge in [-0.2, -0.15) is 0 Å². The third-order valence-electron chi connectivity index (χ3n) is 4.68. The normalized spacial score (nSPS) is 13.8. The van der Waals surface area contributed by atoms with Gasteiger partial charge in [0.2, 0.25) is 0 Å². The molecule has 0 spiro atoms. The van der Waals surface area contributed by atoms with Gasteiger partial charge in [0.05, 0.1) is 5.02 Å². The van der Waals surface area contributed by atoms with Crippen LogP contribution in [-0.2, 0) is 0 Å². The monoisotopic (exact) mass is 374 g/mol. The zero-order valence-electron chi connectivity index (χ0n) is 15.6. The summed E-state index contributed by atoms with van der Waals surface area (Å²) in [5.74, 6) is 0.546. The molecule has 0 radical (unpaired) electrons. The first-order chi connectivity index (χ1) is 12.7. The van der Waals surface area contributed by atoms with Crippen LogP contribution in [0.2, 0.25) is 5.02 Å². The van der Waals surface area contributed by atoms with Gasteiger partial charge in [0, 0.05) is 30.7 Å². The number of nitrogens with zero attached hydrogens (tertiary/aromatic N) is 3. The highest BCUT2D eigenvalue weighted by molar-refractivity contribution is 6.39. The van der Waals surface area contributed by atoms with E-state index < -0.39 is 0 Å². The lowest BCUT2D eigenvalue weighted by Crippen LogP contribution is -2.34. The van der Waals surface area contributed by atoms with Gasteiger partial charge in [0.1, 0.15) is 11.4 Å². The molecule has 0 aromatic carbocycles. The average Bonchev–Trinajstić information content (AvgIpc) is 3.46. The third kappa shape index (κ3) is 4.26. The molecule has 2 aromatic rings. The van der Waals surface area contributed by atoms with Crippen molar-refractivity contribution in [1.29, 1.82) is 0 Å². The number of hydrogen-bond acceptors (Lipinski definition) is 4. The summed E-state index contributed by atoms with van der Waals surface area (Å²) in [6.45, 7) is 5.77. The topological polar surface area (TPSA) is 58.1 Å². The largest absolute Gasteiger partial charge is 0.367 e. The minimum atomic E-state index is -0.0293. The molecule has 6 heteroatoms. The maximum Gasteiger partial charge on any atom is 0.259 e. The molecule has 1 amide bonds. The molecule has 5 nitrogen and oxygen atoms in total. The van der Waals surface area contributed by atoms with E-state index in [1.807, 2.05) is 17.0 Å². The minimum absolute atomic E-state index is 0.0293. The summed E-state index contributed by atoms with van der Waals surface area (Å²) < 4.78 is 0. The molecule has 1 aliphatic rings. The second-order valence-corrected chi connectivity index (χ2v) is 7.32. The fraction of sp³-hybridized carbons (Fsp3) is 0.550. The zero-order valence-corrected chi connectivity index (χ0v) is 16.4. The molecular formula is C20H27ClN4O. The summed E-state index contributed by atoms with van der Waals surface area (Å²) in [5.41, 5.74) is 1.07. The Bertz CT molecular complexity index is 768. The molecule has 2 aromatic heterocycles. The number of hydrogen-bond donors (Lipinski definition) is 1. The lowest BCUT2D eigenvalue weighted by atomic mass is 10.1. The van der Waals surface area contributed by atoms with Gasteiger partial charge in [0.15, 0.2) is 5.65 Å². The van der Waals surface area contributed by atoms with E-state index in [9.17, 15) is 4.79 Å². The van der Waals surface area contributed by atoms with E-state index in [4.69, 9.17) is 11.6 Å². The van der Waals surface area contributed by atoms with E-state index in [1.54, 1.807) is 6.20 Å². The molecule has 26 heavy (non-hydrogen) atoms. The van der Waals surface area contributed by atoms with Crippen molar-refractivity contribution in [3.05, 3.63) is 28.9 Å². The van der Waals surface area contributed by atoms with Gasteiger partial charge in [-0.3, -0.25) is 4.79 Å². The molecule has 1 saturated carbocycles. The van der Waals surface area contributed by atoms with E-state index in [1.165, 1.54) is 0 Å². The number of carbonyl (C=O) groups is 1. The lowest BCUT2D eigenvalue weighted by molar-refractivity contribution is 0.0752. The number of anilines is 1. The van der Waals surface area contributed by atoms with Gasteiger partial charge in [-0.05, 0) is 37.8 Å². The Hall–Kier alpha value is -1.88. The Morgan fingerprint density at radius 2 is 1.96 bits per heavy atom. The zero-order chi connectivity index (χ0) is 18.5. The van der Waals surface area contributed by atoms with Crippen molar-refractivity contribution in [1.82, 2.24) is 14.9 Å². The van der Waals surface area contributed by atoms with Crippen LogP contribution in [0.4, 0.5) is 5.82 Å². The van der Waals surface area contributed by atoms with Crippen LogP contribution >= 0.6 is 11.6 Å². The highest BCUT2D eigenvalue weighted by Gasteiger charge is 2.29. The highest BCUT2D eigenvalue weighted by atomic mass is 35.5. The number of pyridine rings is 2. The molecule has 1 fully saturated rings. The molecule has 0 bridgehead atoms. The summed E-state index contributed by atoms with van der Waals surface area (Å²) in [6, 6.07) is 4.08. The van der Waals surface area contributed by atoms with Crippen LogP contribution in [0.1, 0.15) is 62.7 Å².